The van der Waals surface area contributed by atoms with E-state index in [0.717, 1.165) is 18.5 Å². The molecule has 0 aliphatic heterocycles. The second kappa shape index (κ2) is 7.37. The fraction of sp³-hybridized carbons (Fsp3) is 0.545. The van der Waals surface area contributed by atoms with Gasteiger partial charge in [-0.15, -0.1) is 0 Å². The van der Waals surface area contributed by atoms with Gasteiger partial charge in [-0.2, -0.15) is 0 Å². The van der Waals surface area contributed by atoms with E-state index in [2.05, 4.69) is 9.71 Å². The van der Waals surface area contributed by atoms with E-state index in [1.54, 1.807) is 6.20 Å². The lowest BCUT2D eigenvalue weighted by Gasteiger charge is -2.05. The van der Waals surface area contributed by atoms with Crippen LogP contribution in [0.4, 0.5) is 0 Å². The minimum atomic E-state index is -3.19. The topological polar surface area (TPSA) is 85.1 Å². The molecule has 0 saturated heterocycles. The Bertz CT molecular complexity index is 406. The molecule has 6 heteroatoms. The van der Waals surface area contributed by atoms with E-state index in [1.165, 1.54) is 0 Å². The van der Waals surface area contributed by atoms with E-state index >= 15 is 0 Å². The van der Waals surface area contributed by atoms with Crippen LogP contribution in [0.15, 0.2) is 24.4 Å². The van der Waals surface area contributed by atoms with Crippen LogP contribution >= 0.6 is 0 Å². The molecule has 0 fully saturated rings. The Morgan fingerprint density at radius 1 is 1.29 bits per heavy atom. The molecule has 0 saturated carbocycles. The van der Waals surface area contributed by atoms with Gasteiger partial charge in [-0.1, -0.05) is 6.07 Å². The minimum absolute atomic E-state index is 0.0760. The monoisotopic (exact) mass is 257 g/mol. The quantitative estimate of drug-likeness (QED) is 0.655. The largest absolute Gasteiger partial charge is 0.330 e. The molecule has 0 radical (unpaired) electrons. The Labute approximate surface area is 102 Å². The molecule has 1 aromatic heterocycles. The third kappa shape index (κ3) is 6.35. The Morgan fingerprint density at radius 2 is 2.12 bits per heavy atom. The highest BCUT2D eigenvalue weighted by molar-refractivity contribution is 7.89. The van der Waals surface area contributed by atoms with Gasteiger partial charge >= 0.3 is 0 Å². The first-order chi connectivity index (χ1) is 8.14. The van der Waals surface area contributed by atoms with Crippen molar-refractivity contribution >= 4 is 10.0 Å². The summed E-state index contributed by atoms with van der Waals surface area (Å²) in [5.74, 6) is 0.0760. The van der Waals surface area contributed by atoms with Crippen molar-refractivity contribution in [1.82, 2.24) is 9.71 Å². The number of aromatic nitrogens is 1. The summed E-state index contributed by atoms with van der Waals surface area (Å²) in [6, 6.07) is 5.48. The zero-order chi connectivity index (χ0) is 12.6. The number of pyridine rings is 1. The highest BCUT2D eigenvalue weighted by Crippen LogP contribution is 1.97. The normalized spacial score (nSPS) is 11.6. The first-order valence-electron chi connectivity index (χ1n) is 5.71. The predicted molar refractivity (Wildman–Crippen MR) is 68.0 cm³/mol. The molecule has 96 valence electrons. The van der Waals surface area contributed by atoms with Crippen LogP contribution < -0.4 is 10.5 Å². The Hall–Kier alpha value is -0.980. The van der Waals surface area contributed by atoms with Crippen molar-refractivity contribution in [2.45, 2.75) is 19.3 Å². The van der Waals surface area contributed by atoms with Crippen LogP contribution in [-0.2, 0) is 16.4 Å². The van der Waals surface area contributed by atoms with E-state index < -0.39 is 10.0 Å². The molecule has 0 bridgehead atoms. The van der Waals surface area contributed by atoms with Crippen molar-refractivity contribution in [2.24, 2.45) is 5.73 Å². The van der Waals surface area contributed by atoms with Crippen molar-refractivity contribution in [3.05, 3.63) is 30.1 Å². The van der Waals surface area contributed by atoms with E-state index in [9.17, 15) is 8.42 Å². The first-order valence-corrected chi connectivity index (χ1v) is 7.36. The molecule has 0 unspecified atom stereocenters. The third-order valence-corrected chi connectivity index (χ3v) is 3.69. The summed E-state index contributed by atoms with van der Waals surface area (Å²) in [7, 11) is -3.19. The molecule has 0 aliphatic carbocycles. The van der Waals surface area contributed by atoms with Gasteiger partial charge in [0.05, 0.1) is 5.75 Å². The highest BCUT2D eigenvalue weighted by Gasteiger charge is 2.09. The molecule has 5 nitrogen and oxygen atoms in total. The van der Waals surface area contributed by atoms with Gasteiger partial charge in [0.2, 0.25) is 10.0 Å². The first kappa shape index (κ1) is 14.1. The molecule has 0 spiro atoms. The summed E-state index contributed by atoms with van der Waals surface area (Å²) in [6.07, 6.45) is 3.71. The van der Waals surface area contributed by atoms with Gasteiger partial charge in [-0.3, -0.25) is 4.98 Å². The Balaban J connectivity index is 2.30. The maximum absolute atomic E-state index is 11.6. The Morgan fingerprint density at radius 3 is 2.76 bits per heavy atom. The highest BCUT2D eigenvalue weighted by atomic mass is 32.2. The molecule has 1 heterocycles. The average molecular weight is 257 g/mol. The van der Waals surface area contributed by atoms with Gasteiger partial charge in [0.15, 0.2) is 0 Å². The summed E-state index contributed by atoms with van der Waals surface area (Å²) < 4.78 is 25.7. The summed E-state index contributed by atoms with van der Waals surface area (Å²) in [6.45, 7) is 1.05. The summed E-state index contributed by atoms with van der Waals surface area (Å²) in [4.78, 5) is 4.08. The molecule has 0 aromatic carbocycles. The van der Waals surface area contributed by atoms with Gasteiger partial charge in [0.25, 0.3) is 0 Å². The zero-order valence-electron chi connectivity index (χ0n) is 9.80. The van der Waals surface area contributed by atoms with Crippen LogP contribution in [0.25, 0.3) is 0 Å². The number of unbranched alkanes of at least 4 members (excludes halogenated alkanes) is 1. The lowest BCUT2D eigenvalue weighted by molar-refractivity contribution is 0.576. The second-order valence-corrected chi connectivity index (χ2v) is 5.71. The lowest BCUT2D eigenvalue weighted by atomic mass is 10.3. The Kier molecular flexibility index (Phi) is 6.10. The fourth-order valence-corrected chi connectivity index (χ4v) is 2.43. The van der Waals surface area contributed by atoms with Crippen LogP contribution in [0.5, 0.6) is 0 Å². The van der Waals surface area contributed by atoms with E-state index in [1.807, 2.05) is 18.2 Å². The van der Waals surface area contributed by atoms with Gasteiger partial charge in [-0.25, -0.2) is 13.1 Å². The standard InChI is InChI=1S/C11H19N3O2S/c12-7-2-4-9-14-17(15,16)10-6-11-5-1-3-8-13-11/h1,3,5,8,14H,2,4,6-7,9-10,12H2. The molecule has 0 aliphatic rings. The second-order valence-electron chi connectivity index (χ2n) is 3.78. The van der Waals surface area contributed by atoms with E-state index in [-0.39, 0.29) is 5.75 Å². The molecular weight excluding hydrogens is 238 g/mol. The predicted octanol–water partition coefficient (Wildman–Crippen LogP) is 0.282. The van der Waals surface area contributed by atoms with Crippen LogP contribution in [0.2, 0.25) is 0 Å². The minimum Gasteiger partial charge on any atom is -0.330 e. The summed E-state index contributed by atoms with van der Waals surface area (Å²) in [5, 5.41) is 0. The van der Waals surface area contributed by atoms with Gasteiger partial charge < -0.3 is 5.73 Å². The summed E-state index contributed by atoms with van der Waals surface area (Å²) in [5.41, 5.74) is 6.12. The molecule has 0 atom stereocenters. The third-order valence-electron chi connectivity index (χ3n) is 2.31. The molecule has 0 amide bonds. The van der Waals surface area contributed by atoms with Crippen molar-refractivity contribution in [2.75, 3.05) is 18.8 Å². The number of hydrogen-bond donors (Lipinski definition) is 2. The smallest absolute Gasteiger partial charge is 0.211 e. The SMILES string of the molecule is NCCCCNS(=O)(=O)CCc1ccccn1. The van der Waals surface area contributed by atoms with Crippen molar-refractivity contribution in [3.63, 3.8) is 0 Å². The fourth-order valence-electron chi connectivity index (χ4n) is 1.35. The van der Waals surface area contributed by atoms with Crippen LogP contribution in [0.3, 0.4) is 0 Å². The van der Waals surface area contributed by atoms with Crippen LogP contribution in [-0.4, -0.2) is 32.2 Å². The number of sulfonamides is 1. The summed E-state index contributed by atoms with van der Waals surface area (Å²) >= 11 is 0. The lowest BCUT2D eigenvalue weighted by Crippen LogP contribution is -2.28. The number of hydrogen-bond acceptors (Lipinski definition) is 4. The van der Waals surface area contributed by atoms with Gasteiger partial charge in [0, 0.05) is 24.9 Å². The van der Waals surface area contributed by atoms with E-state index in [0.29, 0.717) is 19.5 Å². The average Bonchev–Trinajstić information content (AvgIpc) is 2.34. The molecular formula is C11H19N3O2S. The number of nitrogens with two attached hydrogens (primary N) is 1. The van der Waals surface area contributed by atoms with E-state index in [4.69, 9.17) is 5.73 Å². The van der Waals surface area contributed by atoms with Crippen LogP contribution in [0, 0.1) is 0 Å². The number of nitrogens with zero attached hydrogens (tertiary/aromatic N) is 1. The molecule has 17 heavy (non-hydrogen) atoms. The number of rotatable bonds is 8. The van der Waals surface area contributed by atoms with Crippen molar-refractivity contribution < 1.29 is 8.42 Å². The number of aryl methyl sites for hydroxylation is 1. The molecule has 1 rings (SSSR count). The van der Waals surface area contributed by atoms with Crippen molar-refractivity contribution in [3.8, 4) is 0 Å². The van der Waals surface area contributed by atoms with Crippen molar-refractivity contribution in [1.29, 1.82) is 0 Å². The maximum Gasteiger partial charge on any atom is 0.211 e. The van der Waals surface area contributed by atoms with Crippen LogP contribution in [0.1, 0.15) is 18.5 Å². The molecule has 1 aromatic rings. The van der Waals surface area contributed by atoms with Gasteiger partial charge in [0.1, 0.15) is 0 Å². The number of nitrogens with one attached hydrogen (secondary N) is 1. The molecule has 3 N–H and O–H groups in total. The zero-order valence-corrected chi connectivity index (χ0v) is 10.6. The maximum atomic E-state index is 11.6. The van der Waals surface area contributed by atoms with Gasteiger partial charge in [-0.05, 0) is 31.5 Å².